The number of carbonyl (C=O) groups excluding carboxylic acids is 2. The third-order valence-electron chi connectivity index (χ3n) is 7.39. The lowest BCUT2D eigenvalue weighted by Crippen LogP contribution is -2.42. The molecular formula is C30H36N4O5. The van der Waals surface area contributed by atoms with Crippen molar-refractivity contribution >= 4 is 12.0 Å². The highest BCUT2D eigenvalue weighted by atomic mass is 16.6. The lowest BCUT2D eigenvalue weighted by Gasteiger charge is -2.35. The molecule has 5 rings (SSSR count). The lowest BCUT2D eigenvalue weighted by molar-refractivity contribution is 0.0173. The highest BCUT2D eigenvalue weighted by Crippen LogP contribution is 2.43. The predicted octanol–water partition coefficient (Wildman–Crippen LogP) is 5.58. The molecule has 0 saturated carbocycles. The van der Waals surface area contributed by atoms with Gasteiger partial charge in [0.15, 0.2) is 11.5 Å². The largest absolute Gasteiger partial charge is 0.493 e. The summed E-state index contributed by atoms with van der Waals surface area (Å²) in [5.74, 6) is 2.73. The van der Waals surface area contributed by atoms with Gasteiger partial charge in [-0.3, -0.25) is 4.79 Å². The first-order valence-electron chi connectivity index (χ1n) is 13.4. The Hall–Kier alpha value is -4.01. The second kappa shape index (κ2) is 10.6. The van der Waals surface area contributed by atoms with E-state index >= 15 is 0 Å². The van der Waals surface area contributed by atoms with Gasteiger partial charge in [0.2, 0.25) is 0 Å². The van der Waals surface area contributed by atoms with Crippen molar-refractivity contribution in [2.45, 2.75) is 58.1 Å². The molecule has 1 atom stereocenters. The third-order valence-corrected chi connectivity index (χ3v) is 7.39. The smallest absolute Gasteiger partial charge is 0.410 e. The molecule has 9 heteroatoms. The van der Waals surface area contributed by atoms with E-state index in [4.69, 9.17) is 24.9 Å². The number of likely N-dealkylation sites (tertiary alicyclic amines) is 1. The van der Waals surface area contributed by atoms with E-state index in [1.165, 1.54) is 0 Å². The molecule has 1 unspecified atom stereocenters. The molecule has 0 bridgehead atoms. The Bertz CT molecular complexity index is 1350. The highest BCUT2D eigenvalue weighted by molar-refractivity contribution is 5.97. The molecule has 1 aromatic heterocycles. The van der Waals surface area contributed by atoms with Gasteiger partial charge in [0.25, 0.3) is 5.91 Å². The zero-order valence-electron chi connectivity index (χ0n) is 23.0. The van der Waals surface area contributed by atoms with E-state index in [9.17, 15) is 9.59 Å². The summed E-state index contributed by atoms with van der Waals surface area (Å²) in [6.07, 6.45) is 2.35. The summed E-state index contributed by atoms with van der Waals surface area (Å²) >= 11 is 0. The van der Waals surface area contributed by atoms with Crippen molar-refractivity contribution in [3.05, 3.63) is 60.0 Å². The van der Waals surface area contributed by atoms with Crippen LogP contribution < -0.4 is 15.2 Å². The molecule has 1 saturated heterocycles. The first-order valence-corrected chi connectivity index (χ1v) is 13.4. The Morgan fingerprint density at radius 1 is 0.974 bits per heavy atom. The maximum Gasteiger partial charge on any atom is 0.410 e. The Kier molecular flexibility index (Phi) is 7.25. The first-order chi connectivity index (χ1) is 18.6. The van der Waals surface area contributed by atoms with E-state index in [1.807, 2.05) is 73.9 Å². The fourth-order valence-electron chi connectivity index (χ4n) is 5.60. The van der Waals surface area contributed by atoms with E-state index in [0.717, 1.165) is 30.7 Å². The summed E-state index contributed by atoms with van der Waals surface area (Å²) in [6.45, 7) is 7.61. The zero-order valence-corrected chi connectivity index (χ0v) is 23.0. The topological polar surface area (TPSA) is 109 Å². The van der Waals surface area contributed by atoms with Crippen LogP contribution in [0.3, 0.4) is 0 Å². The number of rotatable bonds is 6. The molecule has 9 nitrogen and oxygen atoms in total. The van der Waals surface area contributed by atoms with Crippen LogP contribution in [0.15, 0.2) is 48.5 Å². The number of methoxy groups -OCH3 is 1. The molecule has 2 aliphatic heterocycles. The molecule has 2 aliphatic rings. The molecule has 0 radical (unpaired) electrons. The SMILES string of the molecule is COc1cc(-c2nc3n(c2C(N)=O)CCC3C2CCN(C(=O)OC(C)(C)C)CC2)ccc1Oc1ccccc1. The normalized spacial score (nSPS) is 17.5. The van der Waals surface area contributed by atoms with Crippen LogP contribution in [0.4, 0.5) is 4.79 Å². The van der Waals surface area contributed by atoms with Crippen molar-refractivity contribution in [2.24, 2.45) is 11.7 Å². The number of ether oxygens (including phenoxy) is 3. The average molecular weight is 533 g/mol. The Morgan fingerprint density at radius 3 is 2.33 bits per heavy atom. The van der Waals surface area contributed by atoms with E-state index in [0.29, 0.717) is 54.2 Å². The summed E-state index contributed by atoms with van der Waals surface area (Å²) in [7, 11) is 1.58. The van der Waals surface area contributed by atoms with Gasteiger partial charge in [0.05, 0.1) is 7.11 Å². The average Bonchev–Trinajstić information content (AvgIpc) is 3.48. The van der Waals surface area contributed by atoms with Crippen molar-refractivity contribution in [3.63, 3.8) is 0 Å². The van der Waals surface area contributed by atoms with Crippen LogP contribution in [-0.4, -0.2) is 52.3 Å². The van der Waals surface area contributed by atoms with E-state index in [2.05, 4.69) is 0 Å². The fourth-order valence-corrected chi connectivity index (χ4v) is 5.60. The second-order valence-electron chi connectivity index (χ2n) is 11.2. The van der Waals surface area contributed by atoms with Crippen LogP contribution >= 0.6 is 0 Å². The number of piperidine rings is 1. The van der Waals surface area contributed by atoms with Crippen LogP contribution in [-0.2, 0) is 11.3 Å². The van der Waals surface area contributed by atoms with Gasteiger partial charge in [-0.05, 0) is 76.3 Å². The quantitative estimate of drug-likeness (QED) is 0.444. The third kappa shape index (κ3) is 5.57. The molecule has 3 heterocycles. The molecule has 0 aliphatic carbocycles. The standard InChI is InChI=1S/C30H36N4O5/c1-30(2,3)39-29(36)33-15-12-19(13-16-33)22-14-17-34-26(27(31)35)25(32-28(22)34)20-10-11-23(24(18-20)37-4)38-21-8-6-5-7-9-21/h5-11,18-19,22H,12-17H2,1-4H3,(H2,31,35). The molecule has 206 valence electrons. The molecule has 0 spiro atoms. The maximum absolute atomic E-state index is 12.6. The van der Waals surface area contributed by atoms with Gasteiger partial charge < -0.3 is 29.4 Å². The number of carbonyl (C=O) groups is 2. The van der Waals surface area contributed by atoms with Crippen LogP contribution in [0.5, 0.6) is 17.2 Å². The summed E-state index contributed by atoms with van der Waals surface area (Å²) < 4.78 is 19.1. The number of hydrogen-bond donors (Lipinski definition) is 1. The van der Waals surface area contributed by atoms with Gasteiger partial charge in [-0.25, -0.2) is 9.78 Å². The zero-order chi connectivity index (χ0) is 27.7. The predicted molar refractivity (Wildman–Crippen MR) is 147 cm³/mol. The molecular weight excluding hydrogens is 496 g/mol. The van der Waals surface area contributed by atoms with E-state index < -0.39 is 11.5 Å². The molecule has 2 aromatic carbocycles. The Labute approximate surface area is 228 Å². The first kappa shape index (κ1) is 26.6. The number of benzene rings is 2. The molecule has 2 amide bonds. The fraction of sp³-hybridized carbons (Fsp3) is 0.433. The molecule has 1 fully saturated rings. The maximum atomic E-state index is 12.6. The number of imidazole rings is 1. The molecule has 2 N–H and O–H groups in total. The number of nitrogens with zero attached hydrogens (tertiary/aromatic N) is 3. The van der Waals surface area contributed by atoms with Gasteiger partial charge in [-0.2, -0.15) is 0 Å². The number of fused-ring (bicyclic) bond motifs is 1. The molecule has 3 aromatic rings. The van der Waals surface area contributed by atoms with Crippen LogP contribution in [0.2, 0.25) is 0 Å². The van der Waals surface area contributed by atoms with Gasteiger partial charge in [0, 0.05) is 31.1 Å². The summed E-state index contributed by atoms with van der Waals surface area (Å²) in [5, 5.41) is 0. The minimum absolute atomic E-state index is 0.195. The number of aromatic nitrogens is 2. The van der Waals surface area contributed by atoms with Crippen LogP contribution in [0.25, 0.3) is 11.3 Å². The van der Waals surface area contributed by atoms with Crippen molar-refractivity contribution in [2.75, 3.05) is 20.2 Å². The van der Waals surface area contributed by atoms with E-state index in [-0.39, 0.29) is 12.0 Å². The van der Waals surface area contributed by atoms with Gasteiger partial charge in [-0.15, -0.1) is 0 Å². The van der Waals surface area contributed by atoms with Crippen LogP contribution in [0, 0.1) is 5.92 Å². The van der Waals surface area contributed by atoms with Gasteiger partial charge >= 0.3 is 6.09 Å². The van der Waals surface area contributed by atoms with Crippen molar-refractivity contribution in [3.8, 4) is 28.5 Å². The lowest BCUT2D eigenvalue weighted by atomic mass is 9.83. The minimum atomic E-state index is -0.514. The Morgan fingerprint density at radius 2 is 1.69 bits per heavy atom. The van der Waals surface area contributed by atoms with Crippen molar-refractivity contribution < 1.29 is 23.8 Å². The Balaban J connectivity index is 1.38. The van der Waals surface area contributed by atoms with Gasteiger partial charge in [-0.1, -0.05) is 18.2 Å². The summed E-state index contributed by atoms with van der Waals surface area (Å²) in [5.41, 5.74) is 7.08. The number of primary amides is 1. The molecule has 39 heavy (non-hydrogen) atoms. The number of nitrogens with two attached hydrogens (primary N) is 1. The monoisotopic (exact) mass is 532 g/mol. The minimum Gasteiger partial charge on any atom is -0.493 e. The summed E-state index contributed by atoms with van der Waals surface area (Å²) in [6, 6.07) is 15.0. The van der Waals surface area contributed by atoms with Gasteiger partial charge in [0.1, 0.15) is 28.6 Å². The highest BCUT2D eigenvalue weighted by Gasteiger charge is 2.38. The number of hydrogen-bond acceptors (Lipinski definition) is 6. The number of para-hydroxylation sites is 1. The van der Waals surface area contributed by atoms with E-state index in [1.54, 1.807) is 12.0 Å². The summed E-state index contributed by atoms with van der Waals surface area (Å²) in [4.78, 5) is 31.9. The number of amides is 2. The van der Waals surface area contributed by atoms with Crippen molar-refractivity contribution in [1.29, 1.82) is 0 Å². The second-order valence-corrected chi connectivity index (χ2v) is 11.2. The van der Waals surface area contributed by atoms with Crippen LogP contribution in [0.1, 0.15) is 62.3 Å². The van der Waals surface area contributed by atoms with Crippen molar-refractivity contribution in [1.82, 2.24) is 14.5 Å².